The maximum absolute atomic E-state index is 11.7. The molecule has 10 heteroatoms. The van der Waals surface area contributed by atoms with Crippen LogP contribution < -0.4 is 16.4 Å². The SMILES string of the molecule is CCCCNC(=O)OCCN(CCOC(=O)NCCCC)CC(N)C1CCCCC1.Cl.Cl. The highest BCUT2D eigenvalue weighted by Crippen LogP contribution is 2.25. The molecule has 0 aliphatic heterocycles. The minimum atomic E-state index is -0.383. The summed E-state index contributed by atoms with van der Waals surface area (Å²) < 4.78 is 10.6. The van der Waals surface area contributed by atoms with Crippen LogP contribution in [0.3, 0.4) is 0 Å². The first-order valence-electron chi connectivity index (χ1n) is 11.9. The van der Waals surface area contributed by atoms with E-state index in [0.29, 0.717) is 38.6 Å². The topological polar surface area (TPSA) is 106 Å². The molecule has 1 atom stereocenters. The Labute approximate surface area is 206 Å². The molecule has 0 heterocycles. The third kappa shape index (κ3) is 16.6. The quantitative estimate of drug-likeness (QED) is 0.292. The molecular weight excluding hydrogens is 455 g/mol. The van der Waals surface area contributed by atoms with Gasteiger partial charge in [-0.3, -0.25) is 4.90 Å². The molecule has 192 valence electrons. The summed E-state index contributed by atoms with van der Waals surface area (Å²) in [6, 6.07) is 0.0852. The molecule has 0 aromatic rings. The molecule has 8 nitrogen and oxygen atoms in total. The third-order valence-corrected chi connectivity index (χ3v) is 5.61. The van der Waals surface area contributed by atoms with Crippen molar-refractivity contribution in [3.05, 3.63) is 0 Å². The largest absolute Gasteiger partial charge is 0.448 e. The van der Waals surface area contributed by atoms with Crippen LogP contribution in [0.15, 0.2) is 0 Å². The summed E-state index contributed by atoms with van der Waals surface area (Å²) in [6.45, 7) is 7.85. The van der Waals surface area contributed by atoms with Crippen LogP contribution in [-0.2, 0) is 9.47 Å². The lowest BCUT2D eigenvalue weighted by atomic mass is 9.84. The number of carbonyl (C=O) groups is 2. The number of unbranched alkanes of at least 4 members (excludes halogenated alkanes) is 2. The summed E-state index contributed by atoms with van der Waals surface area (Å²) in [5.74, 6) is 0.540. The number of carbonyl (C=O) groups excluding carboxylic acids is 2. The Morgan fingerprint density at radius 2 is 1.38 bits per heavy atom. The van der Waals surface area contributed by atoms with Crippen molar-refractivity contribution in [1.82, 2.24) is 15.5 Å². The molecule has 0 aromatic heterocycles. The molecule has 32 heavy (non-hydrogen) atoms. The van der Waals surface area contributed by atoms with Crippen LogP contribution in [0, 0.1) is 5.92 Å². The molecule has 4 N–H and O–H groups in total. The van der Waals surface area contributed by atoms with Crippen molar-refractivity contribution >= 4 is 37.0 Å². The molecule has 1 saturated carbocycles. The van der Waals surface area contributed by atoms with E-state index in [1.165, 1.54) is 32.1 Å². The van der Waals surface area contributed by atoms with Crippen LogP contribution in [0.1, 0.15) is 71.6 Å². The lowest BCUT2D eigenvalue weighted by molar-refractivity contribution is 0.0991. The van der Waals surface area contributed by atoms with Crippen molar-refractivity contribution in [2.75, 3.05) is 45.9 Å². The Morgan fingerprint density at radius 1 is 0.906 bits per heavy atom. The molecule has 1 fully saturated rings. The van der Waals surface area contributed by atoms with Crippen molar-refractivity contribution in [2.24, 2.45) is 11.7 Å². The van der Waals surface area contributed by atoms with Gasteiger partial charge in [0.2, 0.25) is 0 Å². The van der Waals surface area contributed by atoms with Crippen LogP contribution >= 0.6 is 24.8 Å². The molecule has 1 rings (SSSR count). The van der Waals surface area contributed by atoms with E-state index < -0.39 is 0 Å². The van der Waals surface area contributed by atoms with Crippen LogP contribution in [-0.4, -0.2) is 69.1 Å². The van der Waals surface area contributed by atoms with Gasteiger partial charge in [0.15, 0.2) is 0 Å². The van der Waals surface area contributed by atoms with E-state index in [1.807, 2.05) is 0 Å². The zero-order chi connectivity index (χ0) is 22.0. The number of halogens is 2. The Bertz CT molecular complexity index is 441. The monoisotopic (exact) mass is 500 g/mol. The van der Waals surface area contributed by atoms with E-state index in [-0.39, 0.29) is 56.3 Å². The number of rotatable bonds is 15. The predicted molar refractivity (Wildman–Crippen MR) is 134 cm³/mol. The van der Waals surface area contributed by atoms with Gasteiger partial charge in [-0.1, -0.05) is 46.0 Å². The van der Waals surface area contributed by atoms with Crippen molar-refractivity contribution in [1.29, 1.82) is 0 Å². The summed E-state index contributed by atoms with van der Waals surface area (Å²) in [4.78, 5) is 25.6. The van der Waals surface area contributed by atoms with Gasteiger partial charge in [0.25, 0.3) is 0 Å². The first-order chi connectivity index (χ1) is 14.6. The first kappa shape index (κ1) is 33.2. The first-order valence-corrected chi connectivity index (χ1v) is 11.9. The van der Waals surface area contributed by atoms with Crippen LogP contribution in [0.4, 0.5) is 9.59 Å². The number of ether oxygens (including phenoxy) is 2. The van der Waals surface area contributed by atoms with Gasteiger partial charge in [0.1, 0.15) is 13.2 Å². The Morgan fingerprint density at radius 3 is 1.81 bits per heavy atom. The lowest BCUT2D eigenvalue weighted by Crippen LogP contribution is -2.45. The molecule has 0 bridgehead atoms. The van der Waals surface area contributed by atoms with Crippen LogP contribution in [0.2, 0.25) is 0 Å². The lowest BCUT2D eigenvalue weighted by Gasteiger charge is -2.32. The fourth-order valence-electron chi connectivity index (χ4n) is 3.68. The van der Waals surface area contributed by atoms with Gasteiger partial charge >= 0.3 is 12.2 Å². The Balaban J connectivity index is 0. The van der Waals surface area contributed by atoms with E-state index >= 15 is 0 Å². The molecular formula is C22H46Cl2N4O4. The molecule has 0 saturated heterocycles. The maximum Gasteiger partial charge on any atom is 0.407 e. The van der Waals surface area contributed by atoms with E-state index in [4.69, 9.17) is 15.2 Å². The molecule has 2 amide bonds. The minimum Gasteiger partial charge on any atom is -0.448 e. The molecule has 1 unspecified atom stereocenters. The number of hydrogen-bond donors (Lipinski definition) is 3. The summed E-state index contributed by atoms with van der Waals surface area (Å²) >= 11 is 0. The zero-order valence-electron chi connectivity index (χ0n) is 19.9. The second-order valence-electron chi connectivity index (χ2n) is 8.20. The minimum absolute atomic E-state index is 0. The van der Waals surface area contributed by atoms with Gasteiger partial charge in [-0.2, -0.15) is 0 Å². The highest BCUT2D eigenvalue weighted by atomic mass is 35.5. The second kappa shape index (κ2) is 21.9. The van der Waals surface area contributed by atoms with Crippen LogP contribution in [0.25, 0.3) is 0 Å². The van der Waals surface area contributed by atoms with Crippen molar-refractivity contribution in [2.45, 2.75) is 77.7 Å². The smallest absolute Gasteiger partial charge is 0.407 e. The predicted octanol–water partition coefficient (Wildman–Crippen LogP) is 4.09. The zero-order valence-corrected chi connectivity index (χ0v) is 21.6. The van der Waals surface area contributed by atoms with Gasteiger partial charge in [-0.15, -0.1) is 24.8 Å². The number of amides is 2. The second-order valence-corrected chi connectivity index (χ2v) is 8.20. The van der Waals surface area contributed by atoms with Gasteiger partial charge in [0, 0.05) is 38.8 Å². The molecule has 1 aliphatic carbocycles. The Hall–Kier alpha value is -0.960. The Kier molecular flexibility index (Phi) is 22.7. The summed E-state index contributed by atoms with van der Waals surface area (Å²) in [5.41, 5.74) is 6.49. The molecule has 0 aromatic carbocycles. The number of nitrogens with two attached hydrogens (primary N) is 1. The normalized spacial score (nSPS) is 14.6. The van der Waals surface area contributed by atoms with E-state index in [0.717, 1.165) is 25.7 Å². The number of nitrogens with zero attached hydrogens (tertiary/aromatic N) is 1. The van der Waals surface area contributed by atoms with Crippen molar-refractivity contribution in [3.63, 3.8) is 0 Å². The number of alkyl carbamates (subject to hydrolysis) is 2. The maximum atomic E-state index is 11.7. The van der Waals surface area contributed by atoms with Crippen molar-refractivity contribution < 1.29 is 19.1 Å². The van der Waals surface area contributed by atoms with Gasteiger partial charge < -0.3 is 25.8 Å². The average molecular weight is 502 g/mol. The summed E-state index contributed by atoms with van der Waals surface area (Å²) in [5, 5.41) is 5.50. The highest BCUT2D eigenvalue weighted by Gasteiger charge is 2.23. The fourth-order valence-corrected chi connectivity index (χ4v) is 3.68. The number of hydrogen-bond acceptors (Lipinski definition) is 6. The molecule has 0 spiro atoms. The summed E-state index contributed by atoms with van der Waals surface area (Å²) in [7, 11) is 0. The van der Waals surface area contributed by atoms with Gasteiger partial charge in [-0.05, 0) is 31.6 Å². The highest BCUT2D eigenvalue weighted by molar-refractivity contribution is 5.85. The standard InChI is InChI=1S/C22H44N4O4.2ClH/c1-3-5-12-24-21(27)29-16-14-26(15-17-30-22(28)25-13-6-4-2)18-20(23)19-10-8-7-9-11-19;;/h19-20H,3-18,23H2,1-2H3,(H,24,27)(H,25,28);2*1H. The average Bonchev–Trinajstić information content (AvgIpc) is 2.74. The third-order valence-electron chi connectivity index (χ3n) is 5.61. The van der Waals surface area contributed by atoms with Gasteiger partial charge in [0.05, 0.1) is 0 Å². The van der Waals surface area contributed by atoms with Crippen molar-refractivity contribution in [3.8, 4) is 0 Å². The van der Waals surface area contributed by atoms with E-state index in [1.54, 1.807) is 0 Å². The molecule has 0 radical (unpaired) electrons. The van der Waals surface area contributed by atoms with E-state index in [9.17, 15) is 9.59 Å². The van der Waals surface area contributed by atoms with E-state index in [2.05, 4.69) is 29.4 Å². The van der Waals surface area contributed by atoms with Crippen LogP contribution in [0.5, 0.6) is 0 Å². The summed E-state index contributed by atoms with van der Waals surface area (Å²) in [6.07, 6.45) is 9.33. The fraction of sp³-hybridized carbons (Fsp3) is 0.909. The van der Waals surface area contributed by atoms with Gasteiger partial charge in [-0.25, -0.2) is 9.59 Å². The number of nitrogens with one attached hydrogen (secondary N) is 2. The molecule has 1 aliphatic rings.